The maximum absolute atomic E-state index is 5.34. The predicted molar refractivity (Wildman–Crippen MR) is 85.1 cm³/mol. The zero-order valence-corrected chi connectivity index (χ0v) is 12.5. The number of benzene rings is 1. The smallest absolute Gasteiger partial charge is 0.185 e. The van der Waals surface area contributed by atoms with E-state index in [4.69, 9.17) is 12.2 Å². The molecule has 1 aliphatic carbocycles. The minimum atomic E-state index is 0.507. The van der Waals surface area contributed by atoms with Crippen LogP contribution in [0.15, 0.2) is 24.3 Å². The molecule has 3 nitrogen and oxygen atoms in total. The number of nitrogens with one attached hydrogen (secondary N) is 3. The first kappa shape index (κ1) is 14.1. The highest BCUT2D eigenvalue weighted by Crippen LogP contribution is 2.23. The molecule has 104 valence electrons. The van der Waals surface area contributed by atoms with Gasteiger partial charge in [0.25, 0.3) is 0 Å². The van der Waals surface area contributed by atoms with Crippen molar-refractivity contribution >= 4 is 23.0 Å². The summed E-state index contributed by atoms with van der Waals surface area (Å²) in [6.07, 6.45) is 5.16. The molecule has 1 saturated carbocycles. The van der Waals surface area contributed by atoms with Crippen LogP contribution in [0.4, 0.5) is 5.69 Å². The Hall–Kier alpha value is -1.29. The molecule has 0 unspecified atom stereocenters. The molecule has 0 spiro atoms. The number of hydrazine groups is 1. The van der Waals surface area contributed by atoms with E-state index >= 15 is 0 Å². The van der Waals surface area contributed by atoms with E-state index in [0.717, 1.165) is 5.69 Å². The van der Waals surface area contributed by atoms with Crippen LogP contribution in [0.2, 0.25) is 0 Å². The molecule has 4 heteroatoms. The molecule has 0 aliphatic heterocycles. The SMILES string of the molecule is Cc1cccc(NNC(=S)N[C@H]2CCCC[C@@H]2C)c1. The highest BCUT2D eigenvalue weighted by atomic mass is 32.1. The van der Waals surface area contributed by atoms with Gasteiger partial charge in [-0.3, -0.25) is 10.9 Å². The summed E-state index contributed by atoms with van der Waals surface area (Å²) < 4.78 is 0. The Balaban J connectivity index is 1.78. The third kappa shape index (κ3) is 4.39. The van der Waals surface area contributed by atoms with Crippen molar-refractivity contribution in [2.24, 2.45) is 5.92 Å². The Morgan fingerprint density at radius 3 is 2.79 bits per heavy atom. The van der Waals surface area contributed by atoms with E-state index in [1.807, 2.05) is 12.1 Å². The molecule has 0 radical (unpaired) electrons. The molecular weight excluding hydrogens is 254 g/mol. The van der Waals surface area contributed by atoms with Gasteiger partial charge in [-0.15, -0.1) is 0 Å². The zero-order chi connectivity index (χ0) is 13.7. The van der Waals surface area contributed by atoms with Crippen LogP contribution in [0, 0.1) is 12.8 Å². The standard InChI is InChI=1S/C15H23N3S/c1-11-6-5-8-13(10-11)17-18-15(19)16-14-9-4-3-7-12(14)2/h5-6,8,10,12,14,17H,3-4,7,9H2,1-2H3,(H2,16,18,19)/t12-,14-/m0/s1. The summed E-state index contributed by atoms with van der Waals surface area (Å²) >= 11 is 5.34. The van der Waals surface area contributed by atoms with Gasteiger partial charge in [0.05, 0.1) is 5.69 Å². The van der Waals surface area contributed by atoms with Gasteiger partial charge in [-0.2, -0.15) is 0 Å². The summed E-state index contributed by atoms with van der Waals surface area (Å²) in [5.74, 6) is 0.701. The fourth-order valence-electron chi connectivity index (χ4n) is 2.59. The third-order valence-corrected chi connectivity index (χ3v) is 3.99. The van der Waals surface area contributed by atoms with Gasteiger partial charge in [0.2, 0.25) is 0 Å². The van der Waals surface area contributed by atoms with E-state index in [1.54, 1.807) is 0 Å². The molecule has 2 atom stereocenters. The molecule has 1 aliphatic rings. The maximum Gasteiger partial charge on any atom is 0.185 e. The Morgan fingerprint density at radius 1 is 1.26 bits per heavy atom. The fourth-order valence-corrected chi connectivity index (χ4v) is 2.79. The Bertz CT molecular complexity index is 433. The lowest BCUT2D eigenvalue weighted by atomic mass is 9.86. The monoisotopic (exact) mass is 277 g/mol. The van der Waals surface area contributed by atoms with Gasteiger partial charge in [0, 0.05) is 6.04 Å². The average molecular weight is 277 g/mol. The highest BCUT2D eigenvalue weighted by molar-refractivity contribution is 7.80. The van der Waals surface area contributed by atoms with Gasteiger partial charge in [0.15, 0.2) is 5.11 Å². The van der Waals surface area contributed by atoms with Gasteiger partial charge >= 0.3 is 0 Å². The van der Waals surface area contributed by atoms with Crippen LogP contribution in [-0.4, -0.2) is 11.2 Å². The average Bonchev–Trinajstić information content (AvgIpc) is 2.39. The van der Waals surface area contributed by atoms with Gasteiger partial charge in [-0.25, -0.2) is 0 Å². The van der Waals surface area contributed by atoms with Crippen molar-refractivity contribution in [2.75, 3.05) is 5.43 Å². The molecule has 0 bridgehead atoms. The normalized spacial score (nSPS) is 22.6. The summed E-state index contributed by atoms with van der Waals surface area (Å²) in [6, 6.07) is 8.71. The number of thiocarbonyl (C=S) groups is 1. The van der Waals surface area contributed by atoms with Crippen LogP contribution < -0.4 is 16.2 Å². The second kappa shape index (κ2) is 6.75. The lowest BCUT2D eigenvalue weighted by molar-refractivity contribution is 0.308. The van der Waals surface area contributed by atoms with Crippen molar-refractivity contribution in [1.82, 2.24) is 10.7 Å². The van der Waals surface area contributed by atoms with Crippen molar-refractivity contribution in [3.05, 3.63) is 29.8 Å². The number of anilines is 1. The minimum Gasteiger partial charge on any atom is -0.358 e. The second-order valence-electron chi connectivity index (χ2n) is 5.46. The van der Waals surface area contributed by atoms with E-state index in [2.05, 4.69) is 42.1 Å². The number of aryl methyl sites for hydroxylation is 1. The Kier molecular flexibility index (Phi) is 5.02. The molecule has 2 rings (SSSR count). The molecule has 0 amide bonds. The van der Waals surface area contributed by atoms with E-state index in [1.165, 1.54) is 31.2 Å². The van der Waals surface area contributed by atoms with Crippen molar-refractivity contribution in [2.45, 2.75) is 45.6 Å². The van der Waals surface area contributed by atoms with Crippen LogP contribution >= 0.6 is 12.2 Å². The number of hydrogen-bond donors (Lipinski definition) is 3. The lowest BCUT2D eigenvalue weighted by Gasteiger charge is -2.30. The molecule has 3 N–H and O–H groups in total. The maximum atomic E-state index is 5.34. The van der Waals surface area contributed by atoms with E-state index < -0.39 is 0 Å². The number of hydrogen-bond acceptors (Lipinski definition) is 2. The molecule has 0 saturated heterocycles. The first-order chi connectivity index (χ1) is 9.15. The predicted octanol–water partition coefficient (Wildman–Crippen LogP) is 3.36. The van der Waals surface area contributed by atoms with Crippen LogP contribution in [0.1, 0.15) is 38.2 Å². The molecule has 19 heavy (non-hydrogen) atoms. The summed E-state index contributed by atoms with van der Waals surface area (Å²) in [5, 5.41) is 4.09. The molecule has 1 aromatic rings. The van der Waals surface area contributed by atoms with Crippen molar-refractivity contribution in [3.8, 4) is 0 Å². The van der Waals surface area contributed by atoms with Crippen molar-refractivity contribution < 1.29 is 0 Å². The largest absolute Gasteiger partial charge is 0.358 e. The third-order valence-electron chi connectivity index (χ3n) is 3.77. The molecular formula is C15H23N3S. The van der Waals surface area contributed by atoms with Crippen LogP contribution in [-0.2, 0) is 0 Å². The quantitative estimate of drug-likeness (QED) is 0.585. The molecule has 1 fully saturated rings. The lowest BCUT2D eigenvalue weighted by Crippen LogP contribution is -2.47. The fraction of sp³-hybridized carbons (Fsp3) is 0.533. The zero-order valence-electron chi connectivity index (χ0n) is 11.7. The molecule has 0 aromatic heterocycles. The molecule has 0 heterocycles. The minimum absolute atomic E-state index is 0.507. The first-order valence-electron chi connectivity index (χ1n) is 7.04. The van der Waals surface area contributed by atoms with Crippen molar-refractivity contribution in [1.29, 1.82) is 0 Å². The van der Waals surface area contributed by atoms with E-state index in [9.17, 15) is 0 Å². The topological polar surface area (TPSA) is 36.1 Å². The van der Waals surface area contributed by atoms with Gasteiger partial charge in [-0.05, 0) is 55.6 Å². The second-order valence-corrected chi connectivity index (χ2v) is 5.87. The summed E-state index contributed by atoms with van der Waals surface area (Å²) in [7, 11) is 0. The van der Waals surface area contributed by atoms with E-state index in [0.29, 0.717) is 17.1 Å². The summed E-state index contributed by atoms with van der Waals surface area (Å²) in [6.45, 7) is 4.37. The van der Waals surface area contributed by atoms with Crippen LogP contribution in [0.25, 0.3) is 0 Å². The van der Waals surface area contributed by atoms with Crippen LogP contribution in [0.5, 0.6) is 0 Å². The highest BCUT2D eigenvalue weighted by Gasteiger charge is 2.21. The molecule has 1 aromatic carbocycles. The Labute approximate surface area is 121 Å². The van der Waals surface area contributed by atoms with Gasteiger partial charge < -0.3 is 5.32 Å². The van der Waals surface area contributed by atoms with Gasteiger partial charge in [0.1, 0.15) is 0 Å². The summed E-state index contributed by atoms with van der Waals surface area (Å²) in [4.78, 5) is 0. The van der Waals surface area contributed by atoms with E-state index in [-0.39, 0.29) is 0 Å². The first-order valence-corrected chi connectivity index (χ1v) is 7.45. The summed E-state index contributed by atoms with van der Waals surface area (Å²) in [5.41, 5.74) is 8.46. The Morgan fingerprint density at radius 2 is 2.05 bits per heavy atom. The van der Waals surface area contributed by atoms with Gasteiger partial charge in [-0.1, -0.05) is 31.9 Å². The number of rotatable bonds is 3. The van der Waals surface area contributed by atoms with Crippen molar-refractivity contribution in [3.63, 3.8) is 0 Å². The van der Waals surface area contributed by atoms with Crippen LogP contribution in [0.3, 0.4) is 0 Å².